The third kappa shape index (κ3) is 4.48. The summed E-state index contributed by atoms with van der Waals surface area (Å²) < 4.78 is 55.6. The van der Waals surface area contributed by atoms with Crippen LogP contribution in [0.1, 0.15) is 24.0 Å². The van der Waals surface area contributed by atoms with Crippen LogP contribution in [0.5, 0.6) is 0 Å². The molecule has 3 aromatic carbocycles. The number of hydrogen-bond acceptors (Lipinski definition) is 5. The van der Waals surface area contributed by atoms with Gasteiger partial charge >= 0.3 is 6.18 Å². The number of alkyl halides is 3. The zero-order valence-electron chi connectivity index (χ0n) is 19.1. The predicted octanol–water partition coefficient (Wildman–Crippen LogP) is 5.92. The second-order valence-electron chi connectivity index (χ2n) is 8.78. The Hall–Kier alpha value is -4.03. The van der Waals surface area contributed by atoms with Crippen LogP contribution in [-0.2, 0) is 6.18 Å². The number of anilines is 1. The van der Waals surface area contributed by atoms with Crippen LogP contribution in [0, 0.1) is 17.1 Å². The molecule has 0 saturated carbocycles. The number of rotatable bonds is 3. The predicted molar refractivity (Wildman–Crippen MR) is 130 cm³/mol. The van der Waals surface area contributed by atoms with Crippen LogP contribution < -0.4 is 10.6 Å². The molecule has 0 radical (unpaired) electrons. The van der Waals surface area contributed by atoms with Gasteiger partial charge in [0.25, 0.3) is 0 Å². The molecule has 9 heteroatoms. The molecule has 0 atom stereocenters. The molecule has 0 bridgehead atoms. The van der Waals surface area contributed by atoms with Gasteiger partial charge in [-0.15, -0.1) is 0 Å². The maximum Gasteiger partial charge on any atom is 0.417 e. The number of benzene rings is 3. The Bertz CT molecular complexity index is 1480. The SMILES string of the molecule is N#Cc1ccc(-c2nc(N3CCC(N)CC3)nc3ccc(-c4ccccc4C(F)(F)F)cc23)cc1F. The third-order valence-corrected chi connectivity index (χ3v) is 6.41. The van der Waals surface area contributed by atoms with E-state index in [1.165, 1.54) is 24.3 Å². The van der Waals surface area contributed by atoms with E-state index in [0.29, 0.717) is 46.8 Å². The van der Waals surface area contributed by atoms with Crippen molar-refractivity contribution in [2.45, 2.75) is 25.1 Å². The first-order valence-corrected chi connectivity index (χ1v) is 11.4. The van der Waals surface area contributed by atoms with E-state index in [-0.39, 0.29) is 17.2 Å². The van der Waals surface area contributed by atoms with Crippen molar-refractivity contribution in [3.63, 3.8) is 0 Å². The highest BCUT2D eigenvalue weighted by atomic mass is 19.4. The first-order valence-electron chi connectivity index (χ1n) is 11.4. The van der Waals surface area contributed by atoms with Crippen molar-refractivity contribution in [1.82, 2.24) is 9.97 Å². The van der Waals surface area contributed by atoms with Gasteiger partial charge in [0, 0.05) is 30.1 Å². The average Bonchev–Trinajstić information content (AvgIpc) is 2.87. The molecule has 1 aliphatic rings. The highest BCUT2D eigenvalue weighted by Gasteiger charge is 2.33. The van der Waals surface area contributed by atoms with Crippen LogP contribution in [-0.4, -0.2) is 29.1 Å². The van der Waals surface area contributed by atoms with Gasteiger partial charge < -0.3 is 10.6 Å². The van der Waals surface area contributed by atoms with E-state index >= 15 is 0 Å². The van der Waals surface area contributed by atoms with E-state index in [1.54, 1.807) is 36.4 Å². The Morgan fingerprint density at radius 2 is 1.67 bits per heavy atom. The molecule has 182 valence electrons. The van der Waals surface area contributed by atoms with Gasteiger partial charge in [0.05, 0.1) is 22.3 Å². The van der Waals surface area contributed by atoms with Crippen LogP contribution in [0.2, 0.25) is 0 Å². The molecular formula is C27H21F4N5. The summed E-state index contributed by atoms with van der Waals surface area (Å²) in [6.45, 7) is 1.32. The van der Waals surface area contributed by atoms with Crippen molar-refractivity contribution in [3.8, 4) is 28.5 Å². The Labute approximate surface area is 204 Å². The molecule has 5 rings (SSSR count). The summed E-state index contributed by atoms with van der Waals surface area (Å²) in [5, 5.41) is 9.59. The molecule has 0 aliphatic carbocycles. The number of fused-ring (bicyclic) bond motifs is 1. The molecule has 36 heavy (non-hydrogen) atoms. The largest absolute Gasteiger partial charge is 0.417 e. The summed E-state index contributed by atoms with van der Waals surface area (Å²) in [4.78, 5) is 11.4. The van der Waals surface area contributed by atoms with Crippen LogP contribution in [0.15, 0.2) is 60.7 Å². The maximum atomic E-state index is 14.5. The summed E-state index contributed by atoms with van der Waals surface area (Å²) in [5.41, 5.74) is 6.82. The van der Waals surface area contributed by atoms with E-state index in [0.717, 1.165) is 18.9 Å². The number of halogens is 4. The zero-order chi connectivity index (χ0) is 25.4. The van der Waals surface area contributed by atoms with Gasteiger partial charge in [-0.2, -0.15) is 18.4 Å². The maximum absolute atomic E-state index is 14.5. The van der Waals surface area contributed by atoms with Gasteiger partial charge in [-0.1, -0.05) is 30.3 Å². The monoisotopic (exact) mass is 491 g/mol. The fraction of sp³-hybridized carbons (Fsp3) is 0.222. The van der Waals surface area contributed by atoms with Crippen LogP contribution >= 0.6 is 0 Å². The summed E-state index contributed by atoms with van der Waals surface area (Å²) in [7, 11) is 0. The van der Waals surface area contributed by atoms with E-state index in [9.17, 15) is 17.6 Å². The van der Waals surface area contributed by atoms with E-state index in [2.05, 4.69) is 4.98 Å². The van der Waals surface area contributed by atoms with Crippen molar-refractivity contribution in [3.05, 3.63) is 77.6 Å². The normalized spacial score (nSPS) is 14.7. The minimum atomic E-state index is -4.53. The van der Waals surface area contributed by atoms with Crippen molar-refractivity contribution in [1.29, 1.82) is 5.26 Å². The quantitative estimate of drug-likeness (QED) is 0.360. The molecule has 2 heterocycles. The molecule has 5 nitrogen and oxygen atoms in total. The van der Waals surface area contributed by atoms with Gasteiger partial charge in [0.1, 0.15) is 11.9 Å². The average molecular weight is 491 g/mol. The fourth-order valence-electron chi connectivity index (χ4n) is 4.48. The van der Waals surface area contributed by atoms with Crippen molar-refractivity contribution < 1.29 is 17.6 Å². The summed E-state index contributed by atoms with van der Waals surface area (Å²) >= 11 is 0. The minimum Gasteiger partial charge on any atom is -0.341 e. The Balaban J connectivity index is 1.71. The summed E-state index contributed by atoms with van der Waals surface area (Å²) in [6.07, 6.45) is -2.98. The smallest absolute Gasteiger partial charge is 0.341 e. The van der Waals surface area contributed by atoms with Gasteiger partial charge in [0.2, 0.25) is 5.95 Å². The number of nitrogens with zero attached hydrogens (tertiary/aromatic N) is 4. The lowest BCUT2D eigenvalue weighted by Gasteiger charge is -2.30. The lowest BCUT2D eigenvalue weighted by molar-refractivity contribution is -0.137. The second-order valence-corrected chi connectivity index (χ2v) is 8.78. The molecule has 1 aliphatic heterocycles. The number of nitrogens with two attached hydrogens (primary N) is 1. The Morgan fingerprint density at radius 3 is 2.36 bits per heavy atom. The van der Waals surface area contributed by atoms with Crippen molar-refractivity contribution in [2.75, 3.05) is 18.0 Å². The van der Waals surface area contributed by atoms with E-state index in [1.807, 2.05) is 4.90 Å². The van der Waals surface area contributed by atoms with Crippen molar-refractivity contribution in [2.24, 2.45) is 5.73 Å². The van der Waals surface area contributed by atoms with Crippen LogP contribution in [0.25, 0.3) is 33.3 Å². The Kier molecular flexibility index (Phi) is 6.06. The van der Waals surface area contributed by atoms with E-state index < -0.39 is 17.6 Å². The number of aromatic nitrogens is 2. The minimum absolute atomic E-state index is 0.0259. The molecular weight excluding hydrogens is 470 g/mol. The zero-order valence-corrected chi connectivity index (χ0v) is 19.1. The van der Waals surface area contributed by atoms with Gasteiger partial charge in [-0.3, -0.25) is 0 Å². The van der Waals surface area contributed by atoms with E-state index in [4.69, 9.17) is 16.0 Å². The molecule has 4 aromatic rings. The molecule has 0 unspecified atom stereocenters. The summed E-state index contributed by atoms with van der Waals surface area (Å²) in [6, 6.07) is 16.2. The number of nitriles is 1. The first kappa shape index (κ1) is 23.7. The third-order valence-electron chi connectivity index (χ3n) is 6.41. The molecule has 0 amide bonds. The van der Waals surface area contributed by atoms with Gasteiger partial charge in [-0.05, 0) is 54.3 Å². The summed E-state index contributed by atoms with van der Waals surface area (Å²) in [5.74, 6) is -0.261. The topological polar surface area (TPSA) is 78.8 Å². The van der Waals surface area contributed by atoms with Gasteiger partial charge in [0.15, 0.2) is 0 Å². The fourth-order valence-corrected chi connectivity index (χ4v) is 4.48. The van der Waals surface area contributed by atoms with Crippen LogP contribution in [0.3, 0.4) is 0 Å². The standard InChI is InChI=1S/C27H21F4N5/c28-23-14-17(5-6-18(23)15-32)25-21-13-16(20-3-1-2-4-22(20)27(29,30)31)7-8-24(21)34-26(35-25)36-11-9-19(33)10-12-36/h1-8,13-14,19H,9-12,33H2. The van der Waals surface area contributed by atoms with Gasteiger partial charge in [-0.25, -0.2) is 14.4 Å². The lowest BCUT2D eigenvalue weighted by Crippen LogP contribution is -2.40. The Morgan fingerprint density at radius 1 is 0.944 bits per heavy atom. The highest BCUT2D eigenvalue weighted by Crippen LogP contribution is 2.39. The van der Waals surface area contributed by atoms with Crippen LogP contribution in [0.4, 0.5) is 23.5 Å². The lowest BCUT2D eigenvalue weighted by atomic mass is 9.96. The van der Waals surface area contributed by atoms with Crippen molar-refractivity contribution >= 4 is 16.9 Å². The number of hydrogen-bond donors (Lipinski definition) is 1. The molecule has 1 saturated heterocycles. The molecule has 1 fully saturated rings. The molecule has 0 spiro atoms. The first-order chi connectivity index (χ1) is 17.2. The molecule has 2 N–H and O–H groups in total. The molecule has 1 aromatic heterocycles. The highest BCUT2D eigenvalue weighted by molar-refractivity contribution is 5.96. The second kappa shape index (κ2) is 9.21. The number of piperidine rings is 1.